The molecule has 6 heteroatoms. The molecule has 1 saturated heterocycles. The number of nitrogens with zero attached hydrogens (tertiary/aromatic N) is 3. The van der Waals surface area contributed by atoms with Crippen molar-refractivity contribution in [3.8, 4) is 22.9 Å². The lowest BCUT2D eigenvalue weighted by Gasteiger charge is -2.23. The Labute approximate surface area is 212 Å². The van der Waals surface area contributed by atoms with E-state index in [1.54, 1.807) is 12.4 Å². The summed E-state index contributed by atoms with van der Waals surface area (Å²) in [4.78, 5) is 13.9. The predicted molar refractivity (Wildman–Crippen MR) is 145 cm³/mol. The van der Waals surface area contributed by atoms with E-state index in [4.69, 9.17) is 9.72 Å². The average molecular weight is 480 g/mol. The molecule has 2 aromatic carbocycles. The lowest BCUT2D eigenvalue weighted by molar-refractivity contribution is 0.466. The molecule has 1 aliphatic carbocycles. The van der Waals surface area contributed by atoms with Crippen molar-refractivity contribution in [2.45, 2.75) is 51.5 Å². The largest absolute Gasteiger partial charge is 0.437 e. The molecular weight excluding hydrogens is 446 g/mol. The van der Waals surface area contributed by atoms with E-state index in [2.05, 4.69) is 57.9 Å². The fourth-order valence-corrected chi connectivity index (χ4v) is 5.12. The van der Waals surface area contributed by atoms with Gasteiger partial charge in [-0.1, -0.05) is 43.2 Å². The number of aromatic nitrogens is 3. The summed E-state index contributed by atoms with van der Waals surface area (Å²) < 4.78 is 6.59. The second-order valence-corrected chi connectivity index (χ2v) is 10.1. The Morgan fingerprint density at radius 3 is 2.78 bits per heavy atom. The van der Waals surface area contributed by atoms with Gasteiger partial charge >= 0.3 is 0 Å². The molecule has 6 rings (SSSR count). The van der Waals surface area contributed by atoms with E-state index in [-0.39, 0.29) is 0 Å². The smallest absolute Gasteiger partial charge is 0.228 e. The highest BCUT2D eigenvalue weighted by molar-refractivity contribution is 5.92. The first kappa shape index (κ1) is 22.9. The molecule has 2 aromatic heterocycles. The average Bonchev–Trinajstić information content (AvgIpc) is 3.75. The molecule has 2 fully saturated rings. The standard InChI is InChI=1S/C30H33N5O/c1-20-9-14-24-22(13-12-21-10-11-21)5-2-7-25(24)28(20)36-29-26(8-4-17-32-29)27-15-18-33-30(35-27)34-23-6-3-16-31-19-23/h2,4-5,7-9,14-15,17-18,21,23,31H,3,6,10-13,16,19H2,1H3,(H,33,34,35)/t23-/m0/s1. The maximum Gasteiger partial charge on any atom is 0.228 e. The molecule has 2 N–H and O–H groups in total. The fraction of sp³-hybridized carbons (Fsp3) is 0.367. The van der Waals surface area contributed by atoms with Gasteiger partial charge in [-0.25, -0.2) is 15.0 Å². The van der Waals surface area contributed by atoms with Crippen molar-refractivity contribution in [2.24, 2.45) is 5.92 Å². The van der Waals surface area contributed by atoms with Crippen molar-refractivity contribution in [2.75, 3.05) is 18.4 Å². The number of hydrogen-bond acceptors (Lipinski definition) is 6. The molecule has 0 radical (unpaired) electrons. The van der Waals surface area contributed by atoms with Crippen molar-refractivity contribution in [3.63, 3.8) is 0 Å². The van der Waals surface area contributed by atoms with Crippen LogP contribution in [0.3, 0.4) is 0 Å². The lowest BCUT2D eigenvalue weighted by atomic mass is 9.97. The Hall–Kier alpha value is -3.51. The third kappa shape index (κ3) is 5.05. The van der Waals surface area contributed by atoms with Gasteiger partial charge in [-0.05, 0) is 79.8 Å². The van der Waals surface area contributed by atoms with Gasteiger partial charge in [0.25, 0.3) is 0 Å². The van der Waals surface area contributed by atoms with Crippen LogP contribution in [0.25, 0.3) is 22.0 Å². The molecular formula is C30H33N5O. The molecule has 1 atom stereocenters. The third-order valence-corrected chi connectivity index (χ3v) is 7.35. The van der Waals surface area contributed by atoms with Crippen molar-refractivity contribution in [1.82, 2.24) is 20.3 Å². The summed E-state index contributed by atoms with van der Waals surface area (Å²) in [5.41, 5.74) is 4.14. The van der Waals surface area contributed by atoms with Gasteiger partial charge in [0.1, 0.15) is 5.75 Å². The van der Waals surface area contributed by atoms with E-state index < -0.39 is 0 Å². The first-order valence-corrected chi connectivity index (χ1v) is 13.2. The van der Waals surface area contributed by atoms with E-state index in [0.717, 1.165) is 66.2 Å². The second kappa shape index (κ2) is 10.2. The molecule has 36 heavy (non-hydrogen) atoms. The Morgan fingerprint density at radius 1 is 0.972 bits per heavy atom. The van der Waals surface area contributed by atoms with Gasteiger partial charge in [0, 0.05) is 30.4 Å². The number of ether oxygens (including phenoxy) is 1. The Bertz CT molecular complexity index is 1360. The Kier molecular flexibility index (Phi) is 6.51. The first-order chi connectivity index (χ1) is 17.7. The van der Waals surface area contributed by atoms with Crippen molar-refractivity contribution in [3.05, 3.63) is 72.1 Å². The summed E-state index contributed by atoms with van der Waals surface area (Å²) in [7, 11) is 0. The number of hydrogen-bond donors (Lipinski definition) is 2. The van der Waals surface area contributed by atoms with Gasteiger partial charge in [-0.3, -0.25) is 0 Å². The minimum atomic E-state index is 0.339. The van der Waals surface area contributed by atoms with Crippen LogP contribution in [-0.2, 0) is 6.42 Å². The lowest BCUT2D eigenvalue weighted by Crippen LogP contribution is -2.38. The highest BCUT2D eigenvalue weighted by atomic mass is 16.5. The number of pyridine rings is 1. The van der Waals surface area contributed by atoms with E-state index >= 15 is 0 Å². The van der Waals surface area contributed by atoms with Crippen molar-refractivity contribution < 1.29 is 4.74 Å². The summed E-state index contributed by atoms with van der Waals surface area (Å²) >= 11 is 0. The van der Waals surface area contributed by atoms with Gasteiger partial charge in [-0.2, -0.15) is 0 Å². The number of nitrogens with one attached hydrogen (secondary N) is 2. The van der Waals surface area contributed by atoms with E-state index in [0.29, 0.717) is 17.9 Å². The number of benzene rings is 2. The van der Waals surface area contributed by atoms with Crippen LogP contribution in [0, 0.1) is 12.8 Å². The van der Waals surface area contributed by atoms with Gasteiger partial charge < -0.3 is 15.4 Å². The zero-order valence-corrected chi connectivity index (χ0v) is 20.8. The quantitative estimate of drug-likeness (QED) is 0.309. The van der Waals surface area contributed by atoms with E-state index in [1.165, 1.54) is 30.2 Å². The summed E-state index contributed by atoms with van der Waals surface area (Å²) in [5.74, 6) is 2.97. The molecule has 0 bridgehead atoms. The monoisotopic (exact) mass is 479 g/mol. The predicted octanol–water partition coefficient (Wildman–Crippen LogP) is 6.30. The van der Waals surface area contributed by atoms with Crippen molar-refractivity contribution in [1.29, 1.82) is 0 Å². The first-order valence-electron chi connectivity index (χ1n) is 13.2. The molecule has 2 aliphatic rings. The van der Waals surface area contributed by atoms with Crippen LogP contribution < -0.4 is 15.4 Å². The van der Waals surface area contributed by atoms with Gasteiger partial charge in [0.05, 0.1) is 11.3 Å². The molecule has 3 heterocycles. The summed E-state index contributed by atoms with van der Waals surface area (Å²) in [5, 5.41) is 9.31. The zero-order chi connectivity index (χ0) is 24.3. The molecule has 4 aromatic rings. The maximum atomic E-state index is 6.59. The molecule has 0 unspecified atom stereocenters. The van der Waals surface area contributed by atoms with Crippen LogP contribution in [0.4, 0.5) is 5.95 Å². The molecule has 1 saturated carbocycles. The summed E-state index contributed by atoms with van der Waals surface area (Å²) in [6, 6.07) is 17.2. The van der Waals surface area contributed by atoms with Gasteiger partial charge in [0.15, 0.2) is 0 Å². The summed E-state index contributed by atoms with van der Waals surface area (Å²) in [6.45, 7) is 4.10. The van der Waals surface area contributed by atoms with Crippen LogP contribution in [0.1, 0.15) is 43.2 Å². The van der Waals surface area contributed by atoms with Crippen LogP contribution in [-0.4, -0.2) is 34.1 Å². The Morgan fingerprint density at radius 2 is 1.92 bits per heavy atom. The van der Waals surface area contributed by atoms with E-state index in [9.17, 15) is 0 Å². The van der Waals surface area contributed by atoms with Crippen LogP contribution >= 0.6 is 0 Å². The van der Waals surface area contributed by atoms with Crippen LogP contribution in [0.2, 0.25) is 0 Å². The normalized spacial score (nSPS) is 17.8. The van der Waals surface area contributed by atoms with Gasteiger partial charge in [-0.15, -0.1) is 0 Å². The zero-order valence-electron chi connectivity index (χ0n) is 20.8. The minimum Gasteiger partial charge on any atom is -0.437 e. The molecule has 184 valence electrons. The number of anilines is 1. The summed E-state index contributed by atoms with van der Waals surface area (Å²) in [6.07, 6.45) is 11.0. The highest BCUT2D eigenvalue weighted by Gasteiger charge is 2.21. The number of fused-ring (bicyclic) bond motifs is 1. The number of rotatable bonds is 8. The molecule has 0 amide bonds. The third-order valence-electron chi connectivity index (χ3n) is 7.35. The van der Waals surface area contributed by atoms with Gasteiger partial charge in [0.2, 0.25) is 11.8 Å². The number of aryl methyl sites for hydroxylation is 2. The highest BCUT2D eigenvalue weighted by Crippen LogP contribution is 2.39. The SMILES string of the molecule is Cc1ccc2c(CCC3CC3)cccc2c1Oc1ncccc1-c1ccnc(N[C@H]2CCCNC2)n1. The second-order valence-electron chi connectivity index (χ2n) is 10.1. The van der Waals surface area contributed by atoms with E-state index in [1.807, 2.05) is 18.2 Å². The van der Waals surface area contributed by atoms with Crippen LogP contribution in [0.5, 0.6) is 11.6 Å². The molecule has 0 spiro atoms. The maximum absolute atomic E-state index is 6.59. The van der Waals surface area contributed by atoms with Crippen LogP contribution in [0.15, 0.2) is 60.9 Å². The topological polar surface area (TPSA) is 72.0 Å². The Balaban J connectivity index is 1.31. The van der Waals surface area contributed by atoms with Crippen molar-refractivity contribution >= 4 is 16.7 Å². The number of piperidine rings is 1. The molecule has 6 nitrogen and oxygen atoms in total. The fourth-order valence-electron chi connectivity index (χ4n) is 5.12. The molecule has 1 aliphatic heterocycles. The minimum absolute atomic E-state index is 0.339.